The fraction of sp³-hybridized carbons (Fsp3) is 0.727. The van der Waals surface area contributed by atoms with Crippen molar-refractivity contribution in [3.05, 3.63) is 5.82 Å². The number of nitrogens with one attached hydrogen (secondary N) is 2. The Morgan fingerprint density at radius 2 is 2.06 bits per heavy atom. The van der Waals surface area contributed by atoms with Gasteiger partial charge in [0, 0.05) is 25.2 Å². The largest absolute Gasteiger partial charge is 0.366 e. The van der Waals surface area contributed by atoms with E-state index in [-0.39, 0.29) is 23.7 Å². The average molecular weight is 250 g/mol. The molecular formula is C11H18N6O. The lowest BCUT2D eigenvalue weighted by atomic mass is 10.0. The molecule has 0 bridgehead atoms. The highest BCUT2D eigenvalue weighted by atomic mass is 16.2. The second kappa shape index (κ2) is 4.56. The van der Waals surface area contributed by atoms with Crippen molar-refractivity contribution in [3.63, 3.8) is 0 Å². The summed E-state index contributed by atoms with van der Waals surface area (Å²) in [5.74, 6) is 0.0740. The van der Waals surface area contributed by atoms with Crippen LogP contribution >= 0.6 is 0 Å². The Morgan fingerprint density at radius 1 is 1.33 bits per heavy atom. The number of likely N-dealkylation sites (tertiary alicyclic amines) is 1. The molecule has 2 aliphatic rings. The third-order valence-electron chi connectivity index (χ3n) is 3.65. The van der Waals surface area contributed by atoms with E-state index in [0.717, 1.165) is 32.0 Å². The Balaban J connectivity index is 1.50. The highest BCUT2D eigenvalue weighted by molar-refractivity contribution is 5.90. The van der Waals surface area contributed by atoms with Crippen LogP contribution in [0.15, 0.2) is 0 Å². The molecule has 7 heteroatoms. The van der Waals surface area contributed by atoms with E-state index >= 15 is 0 Å². The van der Waals surface area contributed by atoms with E-state index in [2.05, 4.69) is 25.4 Å². The first-order valence-electron chi connectivity index (χ1n) is 6.45. The molecule has 18 heavy (non-hydrogen) atoms. The number of hydrogen-bond donors (Lipinski definition) is 3. The van der Waals surface area contributed by atoms with Crippen LogP contribution in [0, 0.1) is 0 Å². The first-order valence-corrected chi connectivity index (χ1v) is 6.45. The van der Waals surface area contributed by atoms with E-state index in [4.69, 9.17) is 5.73 Å². The smallest absolute Gasteiger partial charge is 0.288 e. The number of aromatic nitrogens is 3. The molecule has 7 nitrogen and oxygen atoms in total. The number of carbonyl (C=O) groups is 1. The van der Waals surface area contributed by atoms with Crippen molar-refractivity contribution in [2.24, 2.45) is 0 Å². The molecule has 1 saturated carbocycles. The van der Waals surface area contributed by atoms with Gasteiger partial charge in [0.25, 0.3) is 5.91 Å². The number of nitrogens with zero attached hydrogens (tertiary/aromatic N) is 3. The molecule has 98 valence electrons. The molecular weight excluding hydrogens is 232 g/mol. The van der Waals surface area contributed by atoms with Gasteiger partial charge in [-0.2, -0.15) is 4.98 Å². The molecule has 0 aromatic carbocycles. The third kappa shape index (κ3) is 2.45. The number of hydrogen-bond acceptors (Lipinski definition) is 5. The predicted molar refractivity (Wildman–Crippen MR) is 65.9 cm³/mol. The van der Waals surface area contributed by atoms with Crippen LogP contribution in [0.3, 0.4) is 0 Å². The second-order valence-electron chi connectivity index (χ2n) is 5.06. The molecule has 0 unspecified atom stereocenters. The van der Waals surface area contributed by atoms with Crippen LogP contribution in [0.5, 0.6) is 0 Å². The van der Waals surface area contributed by atoms with Gasteiger partial charge in [0.05, 0.1) is 0 Å². The molecule has 1 aromatic heterocycles. The van der Waals surface area contributed by atoms with Crippen molar-refractivity contribution in [1.82, 2.24) is 25.4 Å². The van der Waals surface area contributed by atoms with Crippen LogP contribution in [-0.2, 0) is 0 Å². The minimum absolute atomic E-state index is 0.101. The van der Waals surface area contributed by atoms with Crippen LogP contribution in [0.2, 0.25) is 0 Å². The van der Waals surface area contributed by atoms with E-state index in [1.54, 1.807) is 0 Å². The van der Waals surface area contributed by atoms with Gasteiger partial charge in [-0.25, -0.2) is 0 Å². The molecule has 3 rings (SSSR count). The fourth-order valence-corrected chi connectivity index (χ4v) is 2.48. The molecule has 0 radical (unpaired) electrons. The van der Waals surface area contributed by atoms with Gasteiger partial charge in [-0.3, -0.25) is 9.89 Å². The highest BCUT2D eigenvalue weighted by Crippen LogP contribution is 2.29. The van der Waals surface area contributed by atoms with E-state index in [1.165, 1.54) is 12.8 Å². The van der Waals surface area contributed by atoms with Crippen LogP contribution in [-0.4, -0.2) is 51.2 Å². The Bertz CT molecular complexity index is 432. The molecule has 2 heterocycles. The van der Waals surface area contributed by atoms with Crippen LogP contribution in [0.1, 0.15) is 36.3 Å². The summed E-state index contributed by atoms with van der Waals surface area (Å²) in [6.45, 7) is 2.16. The maximum atomic E-state index is 11.8. The molecule has 1 aliphatic heterocycles. The van der Waals surface area contributed by atoms with E-state index < -0.39 is 0 Å². The normalized spacial score (nSPS) is 22.0. The lowest BCUT2D eigenvalue weighted by molar-refractivity contribution is 0.0899. The number of rotatable bonds is 3. The first-order chi connectivity index (χ1) is 8.72. The average Bonchev–Trinajstić information content (AvgIpc) is 3.12. The van der Waals surface area contributed by atoms with Gasteiger partial charge in [-0.05, 0) is 25.7 Å². The Kier molecular flexibility index (Phi) is 2.91. The van der Waals surface area contributed by atoms with Crippen molar-refractivity contribution >= 4 is 11.9 Å². The lowest BCUT2D eigenvalue weighted by Crippen LogP contribution is -2.45. The van der Waals surface area contributed by atoms with Crippen LogP contribution in [0.4, 0.5) is 5.95 Å². The molecule has 1 saturated heterocycles. The summed E-state index contributed by atoms with van der Waals surface area (Å²) in [6, 6.07) is 1.05. The van der Waals surface area contributed by atoms with E-state index in [0.29, 0.717) is 0 Å². The number of anilines is 1. The van der Waals surface area contributed by atoms with Gasteiger partial charge < -0.3 is 16.0 Å². The zero-order valence-corrected chi connectivity index (χ0v) is 10.2. The number of aromatic amines is 1. The number of carbonyl (C=O) groups excluding carboxylic acids is 1. The molecule has 4 N–H and O–H groups in total. The van der Waals surface area contributed by atoms with Crippen molar-refractivity contribution < 1.29 is 4.79 Å². The summed E-state index contributed by atoms with van der Waals surface area (Å²) in [4.78, 5) is 18.2. The maximum Gasteiger partial charge on any atom is 0.288 e. The van der Waals surface area contributed by atoms with Crippen molar-refractivity contribution in [3.8, 4) is 0 Å². The first kappa shape index (κ1) is 11.5. The van der Waals surface area contributed by atoms with Crippen molar-refractivity contribution in [2.75, 3.05) is 18.8 Å². The summed E-state index contributed by atoms with van der Waals surface area (Å²) >= 11 is 0. The number of nitrogens with two attached hydrogens (primary N) is 1. The van der Waals surface area contributed by atoms with Gasteiger partial charge >= 0.3 is 0 Å². The summed E-state index contributed by atoms with van der Waals surface area (Å²) in [5.41, 5.74) is 5.37. The SMILES string of the molecule is Nc1n[nH]c(C(=O)NC2CCN(C3CC3)CC2)n1. The third-order valence-corrected chi connectivity index (χ3v) is 3.65. The fourth-order valence-electron chi connectivity index (χ4n) is 2.48. The number of H-pyrrole nitrogens is 1. The Labute approximate surface area is 105 Å². The predicted octanol–water partition coefficient (Wildman–Crippen LogP) is -0.257. The second-order valence-corrected chi connectivity index (χ2v) is 5.06. The Hall–Kier alpha value is -1.63. The van der Waals surface area contributed by atoms with E-state index in [9.17, 15) is 4.79 Å². The van der Waals surface area contributed by atoms with Crippen molar-refractivity contribution in [2.45, 2.75) is 37.8 Å². The number of piperidine rings is 1. The standard InChI is InChI=1S/C11H18N6O/c12-11-14-9(15-16-11)10(18)13-7-3-5-17(6-4-7)8-1-2-8/h7-8H,1-6H2,(H,13,18)(H3,12,14,15,16). The zero-order valence-electron chi connectivity index (χ0n) is 10.2. The molecule has 1 aliphatic carbocycles. The lowest BCUT2D eigenvalue weighted by Gasteiger charge is -2.32. The van der Waals surface area contributed by atoms with Crippen LogP contribution in [0.25, 0.3) is 0 Å². The maximum absolute atomic E-state index is 11.8. The zero-order chi connectivity index (χ0) is 12.5. The minimum Gasteiger partial charge on any atom is -0.366 e. The molecule has 2 fully saturated rings. The number of amides is 1. The monoisotopic (exact) mass is 250 g/mol. The summed E-state index contributed by atoms with van der Waals surface area (Å²) < 4.78 is 0. The quantitative estimate of drug-likeness (QED) is 0.686. The van der Waals surface area contributed by atoms with Gasteiger partial charge in [-0.1, -0.05) is 0 Å². The van der Waals surface area contributed by atoms with Crippen molar-refractivity contribution in [1.29, 1.82) is 0 Å². The number of nitrogen functional groups attached to an aromatic ring is 1. The van der Waals surface area contributed by atoms with Gasteiger partial charge in [0.15, 0.2) is 0 Å². The molecule has 0 atom stereocenters. The Morgan fingerprint density at radius 3 is 2.61 bits per heavy atom. The molecule has 0 spiro atoms. The summed E-state index contributed by atoms with van der Waals surface area (Å²) in [7, 11) is 0. The summed E-state index contributed by atoms with van der Waals surface area (Å²) in [6.07, 6.45) is 4.69. The highest BCUT2D eigenvalue weighted by Gasteiger charge is 2.32. The van der Waals surface area contributed by atoms with Gasteiger partial charge in [-0.15, -0.1) is 5.10 Å². The van der Waals surface area contributed by atoms with Crippen LogP contribution < -0.4 is 11.1 Å². The van der Waals surface area contributed by atoms with Gasteiger partial charge in [0.2, 0.25) is 11.8 Å². The summed E-state index contributed by atoms with van der Waals surface area (Å²) in [5, 5.41) is 9.14. The van der Waals surface area contributed by atoms with Gasteiger partial charge in [0.1, 0.15) is 0 Å². The van der Waals surface area contributed by atoms with E-state index in [1.807, 2.05) is 0 Å². The minimum atomic E-state index is -0.218. The molecule has 1 amide bonds. The molecule has 1 aromatic rings. The topological polar surface area (TPSA) is 99.9 Å².